The van der Waals surface area contributed by atoms with E-state index in [4.69, 9.17) is 5.73 Å². The molecule has 3 N–H and O–H groups in total. The summed E-state index contributed by atoms with van der Waals surface area (Å²) < 4.78 is 41.2. The number of hydrogen-bond acceptors (Lipinski definition) is 4. The number of carbonyl (C=O) groups excluding carboxylic acids is 1. The molecule has 0 unspecified atom stereocenters. The number of benzene rings is 3. The number of hydrogen-bond donors (Lipinski definition) is 2. The van der Waals surface area contributed by atoms with Gasteiger partial charge in [0.15, 0.2) is 5.69 Å². The number of nitrogens with one attached hydrogen (secondary N) is 1. The van der Waals surface area contributed by atoms with Crippen molar-refractivity contribution in [2.45, 2.75) is 19.3 Å². The van der Waals surface area contributed by atoms with E-state index < -0.39 is 17.8 Å². The van der Waals surface area contributed by atoms with Crippen molar-refractivity contribution < 1.29 is 18.0 Å². The highest BCUT2D eigenvalue weighted by atomic mass is 35.5. The van der Waals surface area contributed by atoms with Crippen molar-refractivity contribution in [3.8, 4) is 5.69 Å². The fourth-order valence-corrected chi connectivity index (χ4v) is 3.68. The minimum absolute atomic E-state index is 0. The Morgan fingerprint density at radius 3 is 2.36 bits per heavy atom. The van der Waals surface area contributed by atoms with E-state index in [1.54, 1.807) is 42.5 Å². The van der Waals surface area contributed by atoms with E-state index in [1.807, 2.05) is 43.4 Å². The molecule has 0 aliphatic rings. The van der Waals surface area contributed by atoms with E-state index in [-0.39, 0.29) is 24.6 Å². The van der Waals surface area contributed by atoms with E-state index in [2.05, 4.69) is 15.3 Å². The second kappa shape index (κ2) is 11.3. The van der Waals surface area contributed by atoms with Gasteiger partial charge in [-0.15, -0.1) is 12.4 Å². The molecule has 0 spiro atoms. The average molecular weight is 516 g/mol. The van der Waals surface area contributed by atoms with E-state index in [9.17, 15) is 18.0 Å². The molecule has 188 valence electrons. The Bertz CT molecular complexity index is 1320. The van der Waals surface area contributed by atoms with Gasteiger partial charge in [0.05, 0.1) is 5.69 Å². The van der Waals surface area contributed by atoms with Crippen LogP contribution in [0.25, 0.3) is 5.69 Å². The van der Waals surface area contributed by atoms with Crippen molar-refractivity contribution in [3.05, 3.63) is 107 Å². The topological polar surface area (TPSA) is 76.2 Å². The zero-order valence-corrected chi connectivity index (χ0v) is 20.2. The average Bonchev–Trinajstić information content (AvgIpc) is 3.31. The number of alkyl halides is 3. The third-order valence-electron chi connectivity index (χ3n) is 5.42. The Kier molecular flexibility index (Phi) is 8.39. The van der Waals surface area contributed by atoms with E-state index in [1.165, 1.54) is 0 Å². The molecule has 0 bridgehead atoms. The molecule has 0 radical (unpaired) electrons. The number of nitrogens with zero attached hydrogens (tertiary/aromatic N) is 3. The maximum Gasteiger partial charge on any atom is 0.435 e. The molecule has 4 aromatic rings. The highest BCUT2D eigenvalue weighted by molar-refractivity contribution is 6.03. The van der Waals surface area contributed by atoms with Gasteiger partial charge in [-0.05, 0) is 47.5 Å². The summed E-state index contributed by atoms with van der Waals surface area (Å²) in [5.41, 5.74) is 7.71. The summed E-state index contributed by atoms with van der Waals surface area (Å²) in [4.78, 5) is 15.1. The van der Waals surface area contributed by atoms with Gasteiger partial charge in [0.2, 0.25) is 0 Å². The molecular weight excluding hydrogens is 491 g/mol. The molecule has 0 aliphatic carbocycles. The summed E-state index contributed by atoms with van der Waals surface area (Å²) in [7, 11) is 1.95. The molecule has 0 atom stereocenters. The highest BCUT2D eigenvalue weighted by Gasteiger charge is 2.36. The normalized spacial score (nSPS) is 11.0. The lowest BCUT2D eigenvalue weighted by atomic mass is 10.1. The molecule has 1 aromatic heterocycles. The molecule has 3 aromatic carbocycles. The zero-order chi connectivity index (χ0) is 25.0. The summed E-state index contributed by atoms with van der Waals surface area (Å²) >= 11 is 0. The number of nitrogens with two attached hydrogens (primary N) is 1. The van der Waals surface area contributed by atoms with Crippen LogP contribution in [-0.4, -0.2) is 22.7 Å². The SMILES string of the molecule is CN(Cc1cccc(NC(=O)c2cc(C(F)(F)F)nn2-c2cccc(CN)c2)c1)c1ccccc1.Cl. The molecule has 1 heterocycles. The van der Waals surface area contributed by atoms with Gasteiger partial charge in [-0.1, -0.05) is 42.5 Å². The van der Waals surface area contributed by atoms with Gasteiger partial charge in [0.1, 0.15) is 5.69 Å². The van der Waals surface area contributed by atoms with Crippen LogP contribution in [0.2, 0.25) is 0 Å². The van der Waals surface area contributed by atoms with Crippen LogP contribution in [0.4, 0.5) is 24.5 Å². The smallest absolute Gasteiger partial charge is 0.370 e. The fourth-order valence-electron chi connectivity index (χ4n) is 3.68. The largest absolute Gasteiger partial charge is 0.435 e. The van der Waals surface area contributed by atoms with Crippen LogP contribution in [-0.2, 0) is 19.3 Å². The monoisotopic (exact) mass is 515 g/mol. The van der Waals surface area contributed by atoms with Gasteiger partial charge < -0.3 is 16.0 Å². The molecule has 4 rings (SSSR count). The molecule has 1 amide bonds. The molecule has 10 heteroatoms. The van der Waals surface area contributed by atoms with E-state index in [0.29, 0.717) is 23.5 Å². The number of amides is 1. The summed E-state index contributed by atoms with van der Waals surface area (Å²) in [6, 6.07) is 24.3. The number of carbonyl (C=O) groups is 1. The first-order valence-corrected chi connectivity index (χ1v) is 10.9. The zero-order valence-electron chi connectivity index (χ0n) is 19.4. The maximum absolute atomic E-state index is 13.4. The summed E-state index contributed by atoms with van der Waals surface area (Å²) in [5.74, 6) is -0.709. The van der Waals surface area contributed by atoms with Crippen LogP contribution in [0.3, 0.4) is 0 Å². The molecule has 36 heavy (non-hydrogen) atoms. The molecular formula is C26H25ClF3N5O. The first-order chi connectivity index (χ1) is 16.7. The summed E-state index contributed by atoms with van der Waals surface area (Å²) in [6.07, 6.45) is -4.70. The van der Waals surface area contributed by atoms with Gasteiger partial charge in [-0.2, -0.15) is 18.3 Å². The van der Waals surface area contributed by atoms with Crippen LogP contribution in [0.5, 0.6) is 0 Å². The number of anilines is 2. The van der Waals surface area contributed by atoms with Crippen molar-refractivity contribution in [2.24, 2.45) is 5.73 Å². The van der Waals surface area contributed by atoms with E-state index in [0.717, 1.165) is 22.0 Å². The first-order valence-electron chi connectivity index (χ1n) is 10.9. The summed E-state index contributed by atoms with van der Waals surface area (Å²) in [6.45, 7) is 0.781. The number of rotatable bonds is 7. The van der Waals surface area contributed by atoms with Gasteiger partial charge in [0, 0.05) is 37.6 Å². The third-order valence-corrected chi connectivity index (χ3v) is 5.42. The molecule has 0 fully saturated rings. The maximum atomic E-state index is 13.4. The Labute approximate surface area is 212 Å². The lowest BCUT2D eigenvalue weighted by Crippen LogP contribution is -2.18. The van der Waals surface area contributed by atoms with Crippen LogP contribution in [0.1, 0.15) is 27.3 Å². The Morgan fingerprint density at radius 2 is 1.67 bits per heavy atom. The van der Waals surface area contributed by atoms with Crippen molar-refractivity contribution in [1.82, 2.24) is 9.78 Å². The second-order valence-corrected chi connectivity index (χ2v) is 8.04. The lowest BCUT2D eigenvalue weighted by molar-refractivity contribution is -0.141. The predicted molar refractivity (Wildman–Crippen MR) is 137 cm³/mol. The Morgan fingerprint density at radius 1 is 0.972 bits per heavy atom. The first kappa shape index (κ1) is 26.8. The number of para-hydroxylation sites is 1. The van der Waals surface area contributed by atoms with Crippen molar-refractivity contribution in [1.29, 1.82) is 0 Å². The van der Waals surface area contributed by atoms with Crippen LogP contribution < -0.4 is 16.0 Å². The Balaban J connectivity index is 0.00000361. The molecule has 0 saturated carbocycles. The minimum Gasteiger partial charge on any atom is -0.370 e. The second-order valence-electron chi connectivity index (χ2n) is 8.04. The van der Waals surface area contributed by atoms with Crippen LogP contribution in [0, 0.1) is 0 Å². The summed E-state index contributed by atoms with van der Waals surface area (Å²) in [5, 5.41) is 6.37. The standard InChI is InChI=1S/C26H24F3N5O.ClH/c1-33(21-10-3-2-4-11-21)17-19-8-5-9-20(13-19)31-25(35)23-15-24(26(27,28)29)32-34(23)22-12-6-7-18(14-22)16-30;/h2-15H,16-17,30H2,1H3,(H,31,35);1H. The highest BCUT2D eigenvalue weighted by Crippen LogP contribution is 2.30. The van der Waals surface area contributed by atoms with Crippen LogP contribution in [0.15, 0.2) is 84.9 Å². The van der Waals surface area contributed by atoms with Crippen molar-refractivity contribution in [2.75, 3.05) is 17.3 Å². The quantitative estimate of drug-likeness (QED) is 0.333. The third kappa shape index (κ3) is 6.24. The molecule has 6 nitrogen and oxygen atoms in total. The Hall–Kier alpha value is -3.82. The van der Waals surface area contributed by atoms with Gasteiger partial charge in [-0.25, -0.2) is 4.68 Å². The minimum atomic E-state index is -4.70. The van der Waals surface area contributed by atoms with Gasteiger partial charge in [0.25, 0.3) is 5.91 Å². The van der Waals surface area contributed by atoms with Crippen LogP contribution >= 0.6 is 12.4 Å². The fraction of sp³-hybridized carbons (Fsp3) is 0.154. The lowest BCUT2D eigenvalue weighted by Gasteiger charge is -2.19. The predicted octanol–water partition coefficient (Wildman–Crippen LogP) is 5.66. The molecule has 0 aliphatic heterocycles. The van der Waals surface area contributed by atoms with Gasteiger partial charge >= 0.3 is 6.18 Å². The molecule has 0 saturated heterocycles. The van der Waals surface area contributed by atoms with Crippen molar-refractivity contribution >= 4 is 29.7 Å². The van der Waals surface area contributed by atoms with Crippen molar-refractivity contribution in [3.63, 3.8) is 0 Å². The number of aromatic nitrogens is 2. The van der Waals surface area contributed by atoms with Gasteiger partial charge in [-0.3, -0.25) is 4.79 Å². The van der Waals surface area contributed by atoms with E-state index >= 15 is 0 Å². The number of halogens is 4.